The van der Waals surface area contributed by atoms with Gasteiger partial charge in [-0.3, -0.25) is 9.10 Å². The number of nitrogens with zero attached hydrogens (tertiary/aromatic N) is 3. The number of aromatic amines is 1. The molecule has 2 aromatic rings. The number of anilines is 2. The number of sulfonamides is 1. The fourth-order valence-corrected chi connectivity index (χ4v) is 5.44. The average Bonchev–Trinajstić information content (AvgIpc) is 3.03. The molecule has 1 atom stereocenters. The summed E-state index contributed by atoms with van der Waals surface area (Å²) in [6.45, 7) is 4.81. The molecule has 3 heterocycles. The van der Waals surface area contributed by atoms with Crippen LogP contribution in [0.3, 0.4) is 0 Å². The Morgan fingerprint density at radius 2 is 1.75 bits per heavy atom. The summed E-state index contributed by atoms with van der Waals surface area (Å²) < 4.78 is 25.6. The quantitative estimate of drug-likeness (QED) is 0.774. The van der Waals surface area contributed by atoms with Gasteiger partial charge in [0.1, 0.15) is 0 Å². The van der Waals surface area contributed by atoms with Gasteiger partial charge in [0.15, 0.2) is 12.4 Å². The zero-order chi connectivity index (χ0) is 19.9. The van der Waals surface area contributed by atoms with E-state index in [0.717, 1.165) is 24.3 Å². The van der Waals surface area contributed by atoms with E-state index in [0.29, 0.717) is 30.8 Å². The Kier molecular flexibility index (Phi) is 4.74. The molecule has 0 spiro atoms. The van der Waals surface area contributed by atoms with Crippen LogP contribution in [0.5, 0.6) is 0 Å². The lowest BCUT2D eigenvalue weighted by Crippen LogP contribution is -2.48. The van der Waals surface area contributed by atoms with Crippen molar-refractivity contribution in [1.82, 2.24) is 4.90 Å². The largest absolute Gasteiger partial charge is 0.368 e. The molecule has 8 heteroatoms. The Morgan fingerprint density at radius 3 is 2.39 bits per heavy atom. The lowest BCUT2D eigenvalue weighted by atomic mass is 10.1. The van der Waals surface area contributed by atoms with Crippen LogP contribution >= 0.6 is 0 Å². The van der Waals surface area contributed by atoms with Gasteiger partial charge >= 0.3 is 0 Å². The second-order valence-corrected chi connectivity index (χ2v) is 9.35. The summed E-state index contributed by atoms with van der Waals surface area (Å²) in [5.74, 6) is 0.00861. The maximum atomic E-state index is 13.0. The fourth-order valence-electron chi connectivity index (χ4n) is 4.18. The standard InChI is InChI=1S/C20H24N4O3S/c1-15-13-17-14-16(3-4-19(17)24(15)28(2,26)27)20(25)23-11-9-22(10-12-23)18-5-7-21-8-6-18/h3-8,14-15H,9-13H2,1-2H3/p+1/t15-/m1/s1. The normalized spacial score (nSPS) is 19.6. The van der Waals surface area contributed by atoms with E-state index in [9.17, 15) is 13.2 Å². The highest BCUT2D eigenvalue weighted by atomic mass is 32.2. The van der Waals surface area contributed by atoms with Gasteiger partial charge in [-0.25, -0.2) is 13.4 Å². The van der Waals surface area contributed by atoms with Crippen molar-refractivity contribution in [3.63, 3.8) is 0 Å². The van der Waals surface area contributed by atoms with E-state index < -0.39 is 10.0 Å². The van der Waals surface area contributed by atoms with Crippen LogP contribution in [0.4, 0.5) is 11.4 Å². The highest BCUT2D eigenvalue weighted by Gasteiger charge is 2.33. The van der Waals surface area contributed by atoms with Crippen LogP contribution in [-0.4, -0.2) is 57.7 Å². The van der Waals surface area contributed by atoms with Crippen molar-refractivity contribution in [3.8, 4) is 0 Å². The van der Waals surface area contributed by atoms with Gasteiger partial charge < -0.3 is 9.80 Å². The third-order valence-electron chi connectivity index (χ3n) is 5.47. The van der Waals surface area contributed by atoms with Crippen molar-refractivity contribution in [2.75, 3.05) is 41.6 Å². The van der Waals surface area contributed by atoms with E-state index in [1.54, 1.807) is 12.1 Å². The lowest BCUT2D eigenvalue weighted by Gasteiger charge is -2.35. The maximum absolute atomic E-state index is 13.0. The number of carbonyl (C=O) groups excluding carboxylic acids is 1. The van der Waals surface area contributed by atoms with Crippen LogP contribution in [0.25, 0.3) is 0 Å². The fraction of sp³-hybridized carbons (Fsp3) is 0.400. The Hall–Kier alpha value is -2.61. The topological polar surface area (TPSA) is 75.1 Å². The molecule has 0 unspecified atom stereocenters. The summed E-state index contributed by atoms with van der Waals surface area (Å²) >= 11 is 0. The molecule has 2 aliphatic heterocycles. The van der Waals surface area contributed by atoms with Crippen LogP contribution in [-0.2, 0) is 16.4 Å². The average molecular weight is 402 g/mol. The first-order valence-corrected chi connectivity index (χ1v) is 11.3. The molecule has 0 aliphatic carbocycles. The summed E-state index contributed by atoms with van der Waals surface area (Å²) in [5, 5.41) is 0. The maximum Gasteiger partial charge on any atom is 0.253 e. The Morgan fingerprint density at radius 1 is 1.07 bits per heavy atom. The zero-order valence-corrected chi connectivity index (χ0v) is 16.9. The van der Waals surface area contributed by atoms with Gasteiger partial charge in [0, 0.05) is 55.6 Å². The number of aromatic nitrogens is 1. The number of hydrogen-bond acceptors (Lipinski definition) is 4. The van der Waals surface area contributed by atoms with Crippen LogP contribution < -0.4 is 14.2 Å². The number of pyridine rings is 1. The van der Waals surface area contributed by atoms with Crippen molar-refractivity contribution in [3.05, 3.63) is 53.9 Å². The smallest absolute Gasteiger partial charge is 0.253 e. The molecule has 0 bridgehead atoms. The van der Waals surface area contributed by atoms with E-state index in [4.69, 9.17) is 0 Å². The van der Waals surface area contributed by atoms with E-state index >= 15 is 0 Å². The Bertz CT molecular complexity index is 986. The third kappa shape index (κ3) is 3.44. The Labute approximate surface area is 165 Å². The summed E-state index contributed by atoms with van der Waals surface area (Å²) in [4.78, 5) is 20.1. The molecule has 1 N–H and O–H groups in total. The summed E-state index contributed by atoms with van der Waals surface area (Å²) in [6, 6.07) is 9.32. The van der Waals surface area contributed by atoms with Gasteiger partial charge in [0.05, 0.1) is 11.9 Å². The summed E-state index contributed by atoms with van der Waals surface area (Å²) in [5.41, 5.74) is 3.39. The van der Waals surface area contributed by atoms with Crippen LogP contribution in [0.2, 0.25) is 0 Å². The van der Waals surface area contributed by atoms with Gasteiger partial charge in [-0.05, 0) is 37.1 Å². The molecule has 0 saturated carbocycles. The third-order valence-corrected chi connectivity index (χ3v) is 6.74. The molecular weight excluding hydrogens is 376 g/mol. The molecule has 1 amide bonds. The molecule has 7 nitrogen and oxygen atoms in total. The van der Waals surface area contributed by atoms with Gasteiger partial charge in [-0.1, -0.05) is 0 Å². The number of carbonyl (C=O) groups is 1. The van der Waals surface area contributed by atoms with E-state index in [2.05, 4.69) is 9.88 Å². The molecular formula is C20H25N4O3S+. The van der Waals surface area contributed by atoms with Crippen LogP contribution in [0.15, 0.2) is 42.7 Å². The van der Waals surface area contributed by atoms with Crippen molar-refractivity contribution in [2.45, 2.75) is 19.4 Å². The van der Waals surface area contributed by atoms with Crippen molar-refractivity contribution in [1.29, 1.82) is 0 Å². The minimum Gasteiger partial charge on any atom is -0.368 e. The SMILES string of the molecule is C[C@@H]1Cc2cc(C(=O)N3CCN(c4cc[nH+]cc4)CC3)ccc2N1S(C)(=O)=O. The van der Waals surface area contributed by atoms with Gasteiger partial charge in [0.2, 0.25) is 10.0 Å². The number of amides is 1. The minimum absolute atomic E-state index is 0.00861. The highest BCUT2D eigenvalue weighted by Crippen LogP contribution is 2.35. The highest BCUT2D eigenvalue weighted by molar-refractivity contribution is 7.92. The predicted octanol–water partition coefficient (Wildman–Crippen LogP) is 1.17. The molecule has 1 aromatic carbocycles. The van der Waals surface area contributed by atoms with E-state index in [1.165, 1.54) is 10.6 Å². The Balaban J connectivity index is 1.48. The van der Waals surface area contributed by atoms with Gasteiger partial charge in [-0.15, -0.1) is 0 Å². The number of fused-ring (bicyclic) bond motifs is 1. The van der Waals surface area contributed by atoms with Crippen molar-refractivity contribution < 1.29 is 18.2 Å². The first kappa shape index (κ1) is 18.7. The molecule has 148 valence electrons. The second-order valence-electron chi connectivity index (χ2n) is 7.49. The number of piperazine rings is 1. The first-order chi connectivity index (χ1) is 13.3. The van der Waals surface area contributed by atoms with Crippen molar-refractivity contribution >= 4 is 27.3 Å². The molecule has 28 heavy (non-hydrogen) atoms. The molecule has 1 aromatic heterocycles. The molecule has 1 saturated heterocycles. The molecule has 0 radical (unpaired) electrons. The monoisotopic (exact) mass is 401 g/mol. The number of hydrogen-bond donors (Lipinski definition) is 0. The summed E-state index contributed by atoms with van der Waals surface area (Å²) in [6.07, 6.45) is 5.65. The zero-order valence-electron chi connectivity index (χ0n) is 16.1. The number of nitrogens with one attached hydrogen (secondary N) is 1. The van der Waals surface area contributed by atoms with Crippen LogP contribution in [0.1, 0.15) is 22.8 Å². The molecule has 4 rings (SSSR count). The van der Waals surface area contributed by atoms with E-state index in [1.807, 2.05) is 42.4 Å². The van der Waals surface area contributed by atoms with Crippen molar-refractivity contribution in [2.24, 2.45) is 0 Å². The van der Waals surface area contributed by atoms with E-state index in [-0.39, 0.29) is 11.9 Å². The molecule has 1 fully saturated rings. The van der Waals surface area contributed by atoms with Gasteiger partial charge in [0.25, 0.3) is 5.91 Å². The molecule has 2 aliphatic rings. The number of rotatable bonds is 3. The second kappa shape index (κ2) is 7.09. The van der Waals surface area contributed by atoms with Crippen LogP contribution in [0, 0.1) is 0 Å². The number of benzene rings is 1. The first-order valence-electron chi connectivity index (χ1n) is 9.47. The van der Waals surface area contributed by atoms with Gasteiger partial charge in [-0.2, -0.15) is 0 Å². The minimum atomic E-state index is -3.32. The lowest BCUT2D eigenvalue weighted by molar-refractivity contribution is -0.377. The predicted molar refractivity (Wildman–Crippen MR) is 108 cm³/mol. The summed E-state index contributed by atoms with van der Waals surface area (Å²) in [7, 11) is -3.32. The number of H-pyrrole nitrogens is 1.